The Bertz CT molecular complexity index is 224. The van der Waals surface area contributed by atoms with Gasteiger partial charge in [0.2, 0.25) is 0 Å². The molecule has 0 aromatic heterocycles. The van der Waals surface area contributed by atoms with E-state index in [-0.39, 0.29) is 0 Å². The molecule has 20 heavy (non-hydrogen) atoms. The normalized spacial score (nSPS) is 18.3. The van der Waals surface area contributed by atoms with Gasteiger partial charge in [-0.15, -0.1) is 0 Å². The summed E-state index contributed by atoms with van der Waals surface area (Å²) in [4.78, 5) is 4.94. The molecule has 0 amide bonds. The Balaban J connectivity index is 2.38. The molecule has 1 atom stereocenters. The van der Waals surface area contributed by atoms with Crippen molar-refractivity contribution >= 4 is 0 Å². The van der Waals surface area contributed by atoms with Crippen LogP contribution >= 0.6 is 0 Å². The van der Waals surface area contributed by atoms with Gasteiger partial charge in [-0.1, -0.05) is 26.7 Å². The summed E-state index contributed by atoms with van der Waals surface area (Å²) in [6.45, 7) is 10.6. The van der Waals surface area contributed by atoms with Crippen molar-refractivity contribution in [2.45, 2.75) is 58.4 Å². The molecule has 3 nitrogen and oxygen atoms in total. The molecule has 0 saturated heterocycles. The minimum atomic E-state index is 0.719. The molecule has 1 fully saturated rings. The Labute approximate surface area is 127 Å². The van der Waals surface area contributed by atoms with E-state index in [2.05, 4.69) is 43.1 Å². The number of rotatable bonds is 11. The van der Waals surface area contributed by atoms with Crippen LogP contribution < -0.4 is 5.32 Å². The quantitative estimate of drug-likeness (QED) is 0.629. The average molecular weight is 284 g/mol. The highest BCUT2D eigenvalue weighted by Crippen LogP contribution is 2.28. The summed E-state index contributed by atoms with van der Waals surface area (Å²) in [6.07, 6.45) is 8.30. The van der Waals surface area contributed by atoms with Crippen LogP contribution in [0, 0.1) is 5.92 Å². The van der Waals surface area contributed by atoms with Crippen molar-refractivity contribution in [1.29, 1.82) is 0 Å². The third-order valence-corrected chi connectivity index (χ3v) is 4.61. The minimum Gasteiger partial charge on any atom is -0.312 e. The van der Waals surface area contributed by atoms with Crippen LogP contribution in [0.5, 0.6) is 0 Å². The summed E-state index contributed by atoms with van der Waals surface area (Å²) < 4.78 is 0. The summed E-state index contributed by atoms with van der Waals surface area (Å²) in [5.41, 5.74) is 0. The number of hydrogen-bond acceptors (Lipinski definition) is 3. The van der Waals surface area contributed by atoms with Crippen LogP contribution in [-0.2, 0) is 0 Å². The van der Waals surface area contributed by atoms with Crippen molar-refractivity contribution in [1.82, 2.24) is 15.1 Å². The summed E-state index contributed by atoms with van der Waals surface area (Å²) >= 11 is 0. The van der Waals surface area contributed by atoms with Crippen molar-refractivity contribution in [3.63, 3.8) is 0 Å². The molecule has 0 bridgehead atoms. The maximum absolute atomic E-state index is 3.82. The zero-order chi connectivity index (χ0) is 14.8. The fourth-order valence-corrected chi connectivity index (χ4v) is 3.34. The van der Waals surface area contributed by atoms with E-state index in [0.717, 1.165) is 12.0 Å². The third-order valence-electron chi connectivity index (χ3n) is 4.61. The van der Waals surface area contributed by atoms with E-state index in [1.807, 2.05) is 0 Å². The summed E-state index contributed by atoms with van der Waals surface area (Å²) in [7, 11) is 4.33. The Morgan fingerprint density at radius 1 is 1.10 bits per heavy atom. The van der Waals surface area contributed by atoms with Crippen molar-refractivity contribution in [3.05, 3.63) is 0 Å². The number of nitrogens with zero attached hydrogens (tertiary/aromatic N) is 2. The lowest BCUT2D eigenvalue weighted by molar-refractivity contribution is 0.207. The monoisotopic (exact) mass is 283 g/mol. The van der Waals surface area contributed by atoms with E-state index in [1.54, 1.807) is 0 Å². The first-order chi connectivity index (χ1) is 9.67. The van der Waals surface area contributed by atoms with E-state index in [4.69, 9.17) is 0 Å². The maximum Gasteiger partial charge on any atom is 0.0223 e. The average Bonchev–Trinajstić information content (AvgIpc) is 2.95. The molecule has 0 heterocycles. The summed E-state index contributed by atoms with van der Waals surface area (Å²) in [6, 6.07) is 0.719. The molecule has 0 spiro atoms. The number of hydrogen-bond donors (Lipinski definition) is 1. The molecule has 3 heteroatoms. The molecule has 0 aromatic rings. The van der Waals surface area contributed by atoms with E-state index in [1.165, 1.54) is 71.2 Å². The van der Waals surface area contributed by atoms with Crippen LogP contribution in [0.25, 0.3) is 0 Å². The van der Waals surface area contributed by atoms with Crippen molar-refractivity contribution in [2.75, 3.05) is 46.8 Å². The Hall–Kier alpha value is -0.120. The van der Waals surface area contributed by atoms with Gasteiger partial charge in [0.25, 0.3) is 0 Å². The first kappa shape index (κ1) is 17.9. The largest absolute Gasteiger partial charge is 0.312 e. The van der Waals surface area contributed by atoms with Crippen LogP contribution in [0.4, 0.5) is 0 Å². The van der Waals surface area contributed by atoms with Crippen molar-refractivity contribution < 1.29 is 0 Å². The van der Waals surface area contributed by atoms with Gasteiger partial charge < -0.3 is 15.1 Å². The predicted molar refractivity (Wildman–Crippen MR) is 89.3 cm³/mol. The fourth-order valence-electron chi connectivity index (χ4n) is 3.34. The van der Waals surface area contributed by atoms with Gasteiger partial charge in [0, 0.05) is 12.6 Å². The van der Waals surface area contributed by atoms with E-state index < -0.39 is 0 Å². The van der Waals surface area contributed by atoms with Crippen LogP contribution in [0.3, 0.4) is 0 Å². The number of likely N-dealkylation sites (N-methyl/N-ethyl adjacent to an activating group) is 1. The maximum atomic E-state index is 3.82. The second-order valence-corrected chi connectivity index (χ2v) is 6.66. The Kier molecular flexibility index (Phi) is 9.49. The van der Waals surface area contributed by atoms with Gasteiger partial charge in [-0.3, -0.25) is 0 Å². The van der Waals surface area contributed by atoms with Crippen LogP contribution in [0.2, 0.25) is 0 Å². The Morgan fingerprint density at radius 2 is 1.80 bits per heavy atom. The third kappa shape index (κ3) is 7.05. The minimum absolute atomic E-state index is 0.719. The molecule has 0 aromatic carbocycles. The van der Waals surface area contributed by atoms with Crippen LogP contribution in [-0.4, -0.2) is 62.7 Å². The van der Waals surface area contributed by atoms with Crippen LogP contribution in [0.1, 0.15) is 52.4 Å². The van der Waals surface area contributed by atoms with Gasteiger partial charge in [0.15, 0.2) is 0 Å². The summed E-state index contributed by atoms with van der Waals surface area (Å²) in [5.74, 6) is 0.921. The molecule has 1 rings (SSSR count). The molecule has 0 radical (unpaired) electrons. The predicted octanol–water partition coefficient (Wildman–Crippen LogP) is 2.82. The molecule has 120 valence electrons. The molecule has 1 aliphatic rings. The lowest BCUT2D eigenvalue weighted by atomic mass is 9.97. The second-order valence-electron chi connectivity index (χ2n) is 6.66. The summed E-state index contributed by atoms with van der Waals surface area (Å²) in [5, 5.41) is 3.82. The van der Waals surface area contributed by atoms with Gasteiger partial charge in [-0.2, -0.15) is 0 Å². The van der Waals surface area contributed by atoms with Crippen molar-refractivity contribution in [2.24, 2.45) is 5.92 Å². The lowest BCUT2D eigenvalue weighted by Gasteiger charge is -2.31. The molecular formula is C17H37N3. The molecule has 1 saturated carbocycles. The van der Waals surface area contributed by atoms with Gasteiger partial charge in [0.1, 0.15) is 0 Å². The van der Waals surface area contributed by atoms with E-state index in [9.17, 15) is 0 Å². The van der Waals surface area contributed by atoms with E-state index >= 15 is 0 Å². The SMILES string of the molecule is CCCNC(CN(CC)CCCN(C)C)C1CCCC1. The highest BCUT2D eigenvalue weighted by molar-refractivity contribution is 4.83. The zero-order valence-corrected chi connectivity index (χ0v) is 14.3. The van der Waals surface area contributed by atoms with Gasteiger partial charge >= 0.3 is 0 Å². The van der Waals surface area contributed by atoms with Gasteiger partial charge in [-0.05, 0) is 71.9 Å². The molecule has 1 aliphatic carbocycles. The standard InChI is InChI=1S/C17H37N3/c1-5-12-18-17(16-10-7-8-11-16)15-20(6-2)14-9-13-19(3)4/h16-18H,5-15H2,1-4H3. The second kappa shape index (κ2) is 10.6. The Morgan fingerprint density at radius 3 is 2.35 bits per heavy atom. The number of nitrogens with one attached hydrogen (secondary N) is 1. The molecule has 1 N–H and O–H groups in total. The molecular weight excluding hydrogens is 246 g/mol. The molecule has 0 aliphatic heterocycles. The fraction of sp³-hybridized carbons (Fsp3) is 1.00. The highest BCUT2D eigenvalue weighted by atomic mass is 15.2. The topological polar surface area (TPSA) is 18.5 Å². The van der Waals surface area contributed by atoms with Gasteiger partial charge in [0.05, 0.1) is 0 Å². The zero-order valence-electron chi connectivity index (χ0n) is 14.3. The van der Waals surface area contributed by atoms with E-state index in [0.29, 0.717) is 0 Å². The lowest BCUT2D eigenvalue weighted by Crippen LogP contribution is -2.45. The highest BCUT2D eigenvalue weighted by Gasteiger charge is 2.25. The first-order valence-corrected chi connectivity index (χ1v) is 8.77. The smallest absolute Gasteiger partial charge is 0.0223 e. The van der Waals surface area contributed by atoms with Crippen molar-refractivity contribution in [3.8, 4) is 0 Å². The first-order valence-electron chi connectivity index (χ1n) is 8.77. The van der Waals surface area contributed by atoms with Gasteiger partial charge in [-0.25, -0.2) is 0 Å². The molecule has 1 unspecified atom stereocenters. The van der Waals surface area contributed by atoms with Crippen LogP contribution in [0.15, 0.2) is 0 Å².